The van der Waals surface area contributed by atoms with Crippen molar-refractivity contribution in [3.63, 3.8) is 0 Å². The highest BCUT2D eigenvalue weighted by Gasteiger charge is 2.11. The van der Waals surface area contributed by atoms with Gasteiger partial charge in [0.25, 0.3) is 5.91 Å². The van der Waals surface area contributed by atoms with Gasteiger partial charge in [-0.05, 0) is 18.6 Å². The van der Waals surface area contributed by atoms with Crippen molar-refractivity contribution >= 4 is 11.8 Å². The molecule has 0 aliphatic rings. The van der Waals surface area contributed by atoms with E-state index in [2.05, 4.69) is 5.32 Å². The van der Waals surface area contributed by atoms with E-state index in [-0.39, 0.29) is 11.8 Å². The highest BCUT2D eigenvalue weighted by atomic mass is 16.5. The molecule has 1 N–H and O–H groups in total. The predicted molar refractivity (Wildman–Crippen MR) is 84.4 cm³/mol. The van der Waals surface area contributed by atoms with Gasteiger partial charge >= 0.3 is 0 Å². The molecule has 1 rings (SSSR count). The maximum atomic E-state index is 12.2. The number of nitrogens with one attached hydrogen (secondary N) is 1. The molecule has 0 spiro atoms. The third-order valence-electron chi connectivity index (χ3n) is 3.22. The second-order valence-corrected chi connectivity index (χ2v) is 4.86. The van der Waals surface area contributed by atoms with Crippen molar-refractivity contribution in [2.75, 3.05) is 33.9 Å². The SMILES string of the molecule is CCCN(CCNC(=O)c1cc(OC)cc(OC)c1)C(C)=O. The maximum Gasteiger partial charge on any atom is 0.251 e. The van der Waals surface area contributed by atoms with Crippen LogP contribution in [0.1, 0.15) is 30.6 Å². The van der Waals surface area contributed by atoms with Gasteiger partial charge in [0, 0.05) is 38.2 Å². The zero-order valence-corrected chi connectivity index (χ0v) is 13.6. The van der Waals surface area contributed by atoms with Gasteiger partial charge in [-0.3, -0.25) is 9.59 Å². The van der Waals surface area contributed by atoms with Crippen LogP contribution in [0.5, 0.6) is 11.5 Å². The van der Waals surface area contributed by atoms with Gasteiger partial charge in [-0.25, -0.2) is 0 Å². The van der Waals surface area contributed by atoms with E-state index < -0.39 is 0 Å². The van der Waals surface area contributed by atoms with E-state index in [4.69, 9.17) is 9.47 Å². The van der Waals surface area contributed by atoms with Crippen LogP contribution in [0, 0.1) is 0 Å². The molecular weight excluding hydrogens is 284 g/mol. The molecule has 0 aromatic heterocycles. The van der Waals surface area contributed by atoms with Gasteiger partial charge in [0.2, 0.25) is 5.91 Å². The van der Waals surface area contributed by atoms with Crippen LogP contribution in [0.2, 0.25) is 0 Å². The van der Waals surface area contributed by atoms with Crippen molar-refractivity contribution < 1.29 is 19.1 Å². The summed E-state index contributed by atoms with van der Waals surface area (Å²) in [5, 5.41) is 2.80. The van der Waals surface area contributed by atoms with Gasteiger partial charge in [-0.2, -0.15) is 0 Å². The fourth-order valence-corrected chi connectivity index (χ4v) is 2.04. The second kappa shape index (κ2) is 8.92. The molecule has 0 fully saturated rings. The minimum Gasteiger partial charge on any atom is -0.497 e. The molecule has 22 heavy (non-hydrogen) atoms. The number of carbonyl (C=O) groups is 2. The summed E-state index contributed by atoms with van der Waals surface area (Å²) in [4.78, 5) is 25.3. The summed E-state index contributed by atoms with van der Waals surface area (Å²) in [5.41, 5.74) is 0.459. The smallest absolute Gasteiger partial charge is 0.251 e. The van der Waals surface area contributed by atoms with Gasteiger partial charge < -0.3 is 19.7 Å². The first-order valence-electron chi connectivity index (χ1n) is 7.28. The lowest BCUT2D eigenvalue weighted by Crippen LogP contribution is -2.37. The average Bonchev–Trinajstić information content (AvgIpc) is 2.53. The Balaban J connectivity index is 2.63. The second-order valence-electron chi connectivity index (χ2n) is 4.86. The first-order valence-corrected chi connectivity index (χ1v) is 7.28. The number of rotatable bonds is 8. The normalized spacial score (nSPS) is 10.0. The van der Waals surface area contributed by atoms with Crippen molar-refractivity contribution in [3.8, 4) is 11.5 Å². The fraction of sp³-hybridized carbons (Fsp3) is 0.500. The van der Waals surface area contributed by atoms with Gasteiger partial charge in [-0.15, -0.1) is 0 Å². The van der Waals surface area contributed by atoms with E-state index in [1.807, 2.05) is 6.92 Å². The molecule has 0 aliphatic heterocycles. The van der Waals surface area contributed by atoms with Crippen LogP contribution < -0.4 is 14.8 Å². The number of ether oxygens (including phenoxy) is 2. The summed E-state index contributed by atoms with van der Waals surface area (Å²) >= 11 is 0. The number of carbonyl (C=O) groups excluding carboxylic acids is 2. The Morgan fingerprint density at radius 3 is 2.14 bits per heavy atom. The molecule has 0 unspecified atom stereocenters. The molecule has 6 nitrogen and oxygen atoms in total. The van der Waals surface area contributed by atoms with E-state index >= 15 is 0 Å². The number of nitrogens with zero attached hydrogens (tertiary/aromatic N) is 1. The van der Waals surface area contributed by atoms with Crippen molar-refractivity contribution in [3.05, 3.63) is 23.8 Å². The van der Waals surface area contributed by atoms with Crippen molar-refractivity contribution in [2.45, 2.75) is 20.3 Å². The standard InChI is InChI=1S/C16H24N2O4/c1-5-7-18(12(2)19)8-6-17-16(20)13-9-14(21-3)11-15(10-13)22-4/h9-11H,5-8H2,1-4H3,(H,17,20). The molecule has 0 bridgehead atoms. The van der Waals surface area contributed by atoms with E-state index in [0.29, 0.717) is 36.7 Å². The summed E-state index contributed by atoms with van der Waals surface area (Å²) in [5.74, 6) is 0.901. The van der Waals surface area contributed by atoms with Crippen LogP contribution in [0.4, 0.5) is 0 Å². The topological polar surface area (TPSA) is 67.9 Å². The highest BCUT2D eigenvalue weighted by Crippen LogP contribution is 2.22. The molecular formula is C16H24N2O4. The minimum atomic E-state index is -0.225. The molecule has 0 saturated carbocycles. The van der Waals surface area contributed by atoms with E-state index in [0.717, 1.165) is 6.42 Å². The van der Waals surface area contributed by atoms with Crippen LogP contribution >= 0.6 is 0 Å². The third-order valence-corrected chi connectivity index (χ3v) is 3.22. The lowest BCUT2D eigenvalue weighted by molar-refractivity contribution is -0.128. The Labute approximate surface area is 131 Å². The van der Waals surface area contributed by atoms with Gasteiger partial charge in [-0.1, -0.05) is 6.92 Å². The zero-order chi connectivity index (χ0) is 16.5. The summed E-state index contributed by atoms with van der Waals surface area (Å²) in [6.07, 6.45) is 0.889. The Hall–Kier alpha value is -2.24. The maximum absolute atomic E-state index is 12.2. The van der Waals surface area contributed by atoms with Gasteiger partial charge in [0.1, 0.15) is 11.5 Å². The summed E-state index contributed by atoms with van der Waals surface area (Å²) in [7, 11) is 3.07. The van der Waals surface area contributed by atoms with E-state index in [1.54, 1.807) is 23.1 Å². The number of benzene rings is 1. The van der Waals surface area contributed by atoms with Gasteiger partial charge in [0.15, 0.2) is 0 Å². The Bertz CT molecular complexity index is 495. The monoisotopic (exact) mass is 308 g/mol. The molecule has 0 radical (unpaired) electrons. The minimum absolute atomic E-state index is 0.0131. The molecule has 6 heteroatoms. The third kappa shape index (κ3) is 5.27. The highest BCUT2D eigenvalue weighted by molar-refractivity contribution is 5.95. The first kappa shape index (κ1) is 17.8. The molecule has 1 aromatic rings. The average molecular weight is 308 g/mol. The number of hydrogen-bond donors (Lipinski definition) is 1. The van der Waals surface area contributed by atoms with Crippen molar-refractivity contribution in [2.24, 2.45) is 0 Å². The van der Waals surface area contributed by atoms with E-state index in [9.17, 15) is 9.59 Å². The van der Waals surface area contributed by atoms with Crippen LogP contribution in [-0.2, 0) is 4.79 Å². The molecule has 2 amide bonds. The van der Waals surface area contributed by atoms with Crippen LogP contribution in [-0.4, -0.2) is 50.6 Å². The molecule has 0 heterocycles. The Kier molecular flexibility index (Phi) is 7.22. The van der Waals surface area contributed by atoms with Crippen molar-refractivity contribution in [1.82, 2.24) is 10.2 Å². The lowest BCUT2D eigenvalue weighted by atomic mass is 10.2. The van der Waals surface area contributed by atoms with Crippen molar-refractivity contribution in [1.29, 1.82) is 0 Å². The molecule has 1 aromatic carbocycles. The van der Waals surface area contributed by atoms with Crippen LogP contribution in [0.15, 0.2) is 18.2 Å². The first-order chi connectivity index (χ1) is 10.5. The van der Waals surface area contributed by atoms with Crippen LogP contribution in [0.3, 0.4) is 0 Å². The van der Waals surface area contributed by atoms with E-state index in [1.165, 1.54) is 21.1 Å². The number of methoxy groups -OCH3 is 2. The summed E-state index contributed by atoms with van der Waals surface area (Å²) in [6, 6.07) is 4.99. The number of amides is 2. The number of hydrogen-bond acceptors (Lipinski definition) is 4. The Morgan fingerprint density at radius 2 is 1.68 bits per heavy atom. The summed E-state index contributed by atoms with van der Waals surface area (Å²) in [6.45, 7) is 5.13. The quantitative estimate of drug-likeness (QED) is 0.793. The zero-order valence-electron chi connectivity index (χ0n) is 13.6. The molecule has 0 aliphatic carbocycles. The van der Waals surface area contributed by atoms with Crippen LogP contribution in [0.25, 0.3) is 0 Å². The lowest BCUT2D eigenvalue weighted by Gasteiger charge is -2.20. The molecule has 122 valence electrons. The largest absolute Gasteiger partial charge is 0.497 e. The fourth-order valence-electron chi connectivity index (χ4n) is 2.04. The predicted octanol–water partition coefficient (Wildman–Crippen LogP) is 1.69. The molecule has 0 atom stereocenters. The van der Waals surface area contributed by atoms with Gasteiger partial charge in [0.05, 0.1) is 14.2 Å². The molecule has 0 saturated heterocycles. The summed E-state index contributed by atoms with van der Waals surface area (Å²) < 4.78 is 10.3. The Morgan fingerprint density at radius 1 is 1.09 bits per heavy atom.